The molecule has 2 bridgehead atoms. The fourth-order valence-corrected chi connectivity index (χ4v) is 5.74. The van der Waals surface area contributed by atoms with Crippen LogP contribution in [0, 0.1) is 23.7 Å². The second-order valence-corrected chi connectivity index (χ2v) is 8.83. The van der Waals surface area contributed by atoms with Gasteiger partial charge in [-0.05, 0) is 44.4 Å². The van der Waals surface area contributed by atoms with Crippen LogP contribution in [-0.4, -0.2) is 47.1 Å². The first-order valence-corrected chi connectivity index (χ1v) is 10.0. The molecule has 1 unspecified atom stereocenters. The van der Waals surface area contributed by atoms with Crippen LogP contribution < -0.4 is 0 Å². The first-order valence-electron chi connectivity index (χ1n) is 10.0. The van der Waals surface area contributed by atoms with Crippen LogP contribution in [0.15, 0.2) is 12.2 Å². The molecule has 3 rings (SSSR count). The van der Waals surface area contributed by atoms with Crippen LogP contribution in [-0.2, 0) is 23.8 Å². The molecule has 2 saturated heterocycles. The number of hydrogen-bond donors (Lipinski definition) is 1. The number of rotatable bonds is 5. The normalized spacial score (nSPS) is 43.1. The van der Waals surface area contributed by atoms with Gasteiger partial charge in [0.05, 0.1) is 0 Å². The number of carbonyl (C=O) groups is 2. The summed E-state index contributed by atoms with van der Waals surface area (Å²) in [6, 6.07) is 0. The van der Waals surface area contributed by atoms with Gasteiger partial charge >= 0.3 is 11.9 Å². The number of esters is 2. The maximum Gasteiger partial charge on any atom is 0.332 e. The van der Waals surface area contributed by atoms with E-state index in [-0.39, 0.29) is 29.8 Å². The molecule has 3 fully saturated rings. The van der Waals surface area contributed by atoms with Crippen LogP contribution >= 0.6 is 0 Å². The summed E-state index contributed by atoms with van der Waals surface area (Å²) in [6.07, 6.45) is 4.73. The number of hydrogen-bond acceptors (Lipinski definition) is 6. The molecule has 0 aromatic carbocycles. The summed E-state index contributed by atoms with van der Waals surface area (Å²) in [5.74, 6) is -0.219. The van der Waals surface area contributed by atoms with Crippen molar-refractivity contribution < 1.29 is 28.9 Å². The Morgan fingerprint density at radius 1 is 1.30 bits per heavy atom. The zero-order valence-corrected chi connectivity index (χ0v) is 16.9. The molecule has 1 saturated carbocycles. The van der Waals surface area contributed by atoms with Gasteiger partial charge in [-0.25, -0.2) is 9.59 Å². The highest BCUT2D eigenvalue weighted by molar-refractivity contribution is 5.82. The van der Waals surface area contributed by atoms with Crippen molar-refractivity contribution >= 4 is 11.9 Å². The van der Waals surface area contributed by atoms with Crippen molar-refractivity contribution in [3.8, 4) is 0 Å². The monoisotopic (exact) mass is 380 g/mol. The van der Waals surface area contributed by atoms with Gasteiger partial charge in [0.15, 0.2) is 0 Å². The zero-order chi connectivity index (χ0) is 20.0. The van der Waals surface area contributed by atoms with Crippen molar-refractivity contribution in [2.24, 2.45) is 23.7 Å². The predicted molar refractivity (Wildman–Crippen MR) is 98.7 cm³/mol. The van der Waals surface area contributed by atoms with Gasteiger partial charge in [0, 0.05) is 18.4 Å². The molecule has 1 aliphatic carbocycles. The average Bonchev–Trinajstić information content (AvgIpc) is 3.11. The Kier molecular flexibility index (Phi) is 5.43. The quantitative estimate of drug-likeness (QED) is 0.583. The first-order chi connectivity index (χ1) is 12.7. The standard InChI is InChI=1S/C21H32O6/c1-6-7-16(23)26-19-18-13(4)8-9-14(18)20(5)15(25-17(24)11-22)10-21(19,27-20)12(2)3/h6-7,12-15,18-19,22H,8-11H2,1-5H3/b7-6+/t13-,14-,15-,18-,19+,20+,21?/m1/s1. The summed E-state index contributed by atoms with van der Waals surface area (Å²) in [5, 5.41) is 9.16. The Balaban J connectivity index is 2.04. The van der Waals surface area contributed by atoms with E-state index in [0.29, 0.717) is 12.3 Å². The van der Waals surface area contributed by atoms with E-state index in [4.69, 9.17) is 19.3 Å². The molecule has 0 aromatic heterocycles. The van der Waals surface area contributed by atoms with Crippen LogP contribution in [0.25, 0.3) is 0 Å². The van der Waals surface area contributed by atoms with E-state index in [9.17, 15) is 9.59 Å². The molecule has 152 valence electrons. The zero-order valence-electron chi connectivity index (χ0n) is 16.9. The number of carbonyl (C=O) groups excluding carboxylic acids is 2. The van der Waals surface area contributed by atoms with Gasteiger partial charge in [0.1, 0.15) is 30.0 Å². The van der Waals surface area contributed by atoms with Gasteiger partial charge in [-0.15, -0.1) is 0 Å². The largest absolute Gasteiger partial charge is 0.457 e. The number of allylic oxidation sites excluding steroid dienone is 1. The van der Waals surface area contributed by atoms with Crippen molar-refractivity contribution in [3.63, 3.8) is 0 Å². The van der Waals surface area contributed by atoms with Crippen molar-refractivity contribution in [1.82, 2.24) is 0 Å². The highest BCUT2D eigenvalue weighted by Gasteiger charge is 2.72. The third kappa shape index (κ3) is 3.11. The van der Waals surface area contributed by atoms with Crippen molar-refractivity contribution in [2.75, 3.05) is 6.61 Å². The highest BCUT2D eigenvalue weighted by Crippen LogP contribution is 2.63. The molecule has 0 aromatic rings. The van der Waals surface area contributed by atoms with E-state index < -0.39 is 29.9 Å². The minimum atomic E-state index is -0.702. The van der Waals surface area contributed by atoms with Crippen molar-refractivity contribution in [3.05, 3.63) is 12.2 Å². The number of aliphatic hydroxyl groups excluding tert-OH is 1. The van der Waals surface area contributed by atoms with E-state index in [2.05, 4.69) is 20.8 Å². The molecule has 3 aliphatic rings. The lowest BCUT2D eigenvalue weighted by Gasteiger charge is -2.52. The van der Waals surface area contributed by atoms with Crippen molar-refractivity contribution in [1.29, 1.82) is 0 Å². The third-order valence-electron chi connectivity index (χ3n) is 7.10. The topological polar surface area (TPSA) is 82.1 Å². The minimum Gasteiger partial charge on any atom is -0.457 e. The van der Waals surface area contributed by atoms with Crippen LogP contribution in [0.4, 0.5) is 0 Å². The fourth-order valence-electron chi connectivity index (χ4n) is 5.74. The van der Waals surface area contributed by atoms with Gasteiger partial charge in [-0.1, -0.05) is 26.8 Å². The van der Waals surface area contributed by atoms with Gasteiger partial charge in [0.2, 0.25) is 0 Å². The summed E-state index contributed by atoms with van der Waals surface area (Å²) >= 11 is 0. The Hall–Kier alpha value is -1.40. The fraction of sp³-hybridized carbons (Fsp3) is 0.810. The Morgan fingerprint density at radius 2 is 2.00 bits per heavy atom. The SMILES string of the molecule is C/C=C/C(=O)O[C@H]1[C@@H]2[C@H](C)CC[C@H]2[C@]2(C)OC1(C(C)C)C[C@H]2OC(=O)CO. The molecule has 7 atom stereocenters. The molecule has 2 aliphatic heterocycles. The van der Waals surface area contributed by atoms with E-state index in [1.807, 2.05) is 6.92 Å². The summed E-state index contributed by atoms with van der Waals surface area (Å²) in [7, 11) is 0. The summed E-state index contributed by atoms with van der Waals surface area (Å²) in [4.78, 5) is 24.2. The van der Waals surface area contributed by atoms with Crippen LogP contribution in [0.3, 0.4) is 0 Å². The Labute approximate surface area is 161 Å². The van der Waals surface area contributed by atoms with Crippen LogP contribution in [0.2, 0.25) is 0 Å². The Bertz CT molecular complexity index is 628. The second kappa shape index (κ2) is 7.21. The predicted octanol–water partition coefficient (Wildman–Crippen LogP) is 2.63. The van der Waals surface area contributed by atoms with Crippen LogP contribution in [0.5, 0.6) is 0 Å². The smallest absolute Gasteiger partial charge is 0.332 e. The lowest BCUT2D eigenvalue weighted by atomic mass is 9.69. The van der Waals surface area contributed by atoms with E-state index >= 15 is 0 Å². The maximum atomic E-state index is 12.3. The molecule has 0 spiro atoms. The molecule has 27 heavy (non-hydrogen) atoms. The van der Waals surface area contributed by atoms with E-state index in [0.717, 1.165) is 12.8 Å². The van der Waals surface area contributed by atoms with Gasteiger partial charge in [-0.3, -0.25) is 0 Å². The van der Waals surface area contributed by atoms with Crippen molar-refractivity contribution in [2.45, 2.75) is 77.3 Å². The number of fused-ring (bicyclic) bond motifs is 4. The number of ether oxygens (including phenoxy) is 3. The molecule has 6 nitrogen and oxygen atoms in total. The average molecular weight is 380 g/mol. The summed E-state index contributed by atoms with van der Waals surface area (Å²) in [5.41, 5.74) is -1.33. The van der Waals surface area contributed by atoms with Gasteiger partial charge < -0.3 is 19.3 Å². The summed E-state index contributed by atoms with van der Waals surface area (Å²) < 4.78 is 18.3. The highest BCUT2D eigenvalue weighted by atomic mass is 16.6. The van der Waals surface area contributed by atoms with E-state index in [1.54, 1.807) is 13.0 Å². The maximum absolute atomic E-state index is 12.3. The first kappa shape index (κ1) is 20.3. The second-order valence-electron chi connectivity index (χ2n) is 8.83. The number of aliphatic hydroxyl groups is 1. The van der Waals surface area contributed by atoms with Gasteiger partial charge in [-0.2, -0.15) is 0 Å². The van der Waals surface area contributed by atoms with E-state index in [1.165, 1.54) is 6.08 Å². The lowest BCUT2D eigenvalue weighted by Crippen LogP contribution is -2.62. The summed E-state index contributed by atoms with van der Waals surface area (Å²) in [6.45, 7) is 9.49. The minimum absolute atomic E-state index is 0.0757. The molecular weight excluding hydrogens is 348 g/mol. The third-order valence-corrected chi connectivity index (χ3v) is 7.10. The lowest BCUT2D eigenvalue weighted by molar-refractivity contribution is -0.264. The van der Waals surface area contributed by atoms with Gasteiger partial charge in [0.25, 0.3) is 0 Å². The Morgan fingerprint density at radius 3 is 2.59 bits per heavy atom. The molecule has 0 radical (unpaired) electrons. The molecule has 0 amide bonds. The molecule has 1 N–H and O–H groups in total. The molecular formula is C21H32O6. The molecule has 2 heterocycles. The molecule has 6 heteroatoms. The van der Waals surface area contributed by atoms with Crippen LogP contribution in [0.1, 0.15) is 53.9 Å².